The van der Waals surface area contributed by atoms with Crippen molar-refractivity contribution >= 4 is 32.9 Å². The van der Waals surface area contributed by atoms with Gasteiger partial charge in [0.2, 0.25) is 11.2 Å². The first-order chi connectivity index (χ1) is 17.5. The maximum Gasteiger partial charge on any atom is 0.338 e. The molecule has 0 atom stereocenters. The summed E-state index contributed by atoms with van der Waals surface area (Å²) in [7, 11) is 0. The number of esters is 1. The van der Waals surface area contributed by atoms with Crippen molar-refractivity contribution in [2.75, 3.05) is 13.4 Å². The molecule has 1 aliphatic heterocycles. The average Bonchev–Trinajstić information content (AvgIpc) is 2.89. The van der Waals surface area contributed by atoms with Gasteiger partial charge in [-0.2, -0.15) is 0 Å². The van der Waals surface area contributed by atoms with Gasteiger partial charge in [-0.1, -0.05) is 15.9 Å². The Bertz CT molecular complexity index is 1480. The van der Waals surface area contributed by atoms with Crippen molar-refractivity contribution in [1.29, 1.82) is 0 Å². The third-order valence-corrected chi connectivity index (χ3v) is 5.91. The van der Waals surface area contributed by atoms with Crippen molar-refractivity contribution in [2.45, 2.75) is 20.1 Å². The second-order valence-corrected chi connectivity index (χ2v) is 8.80. The van der Waals surface area contributed by atoms with E-state index in [1.165, 1.54) is 6.26 Å². The number of carbonyl (C=O) groups excluding carboxylic acids is 1. The van der Waals surface area contributed by atoms with E-state index < -0.39 is 5.97 Å². The summed E-state index contributed by atoms with van der Waals surface area (Å²) in [5, 5.41) is 0.350. The molecule has 0 N–H and O–H groups in total. The standard InChI is InChI=1S/C27H21BrO8/c1-2-32-27(30)16-3-5-20(6-4-16)36-24-14-34-23-11-21(7-8-22(23)25(24)29)33-13-18-10-19(28)9-17-12-31-15-35-26(17)18/h3-11,14H,2,12-13,15H2,1H3. The number of hydrogen-bond acceptors (Lipinski definition) is 8. The van der Waals surface area contributed by atoms with Gasteiger partial charge >= 0.3 is 5.97 Å². The summed E-state index contributed by atoms with van der Waals surface area (Å²) in [4.78, 5) is 24.7. The van der Waals surface area contributed by atoms with Crippen molar-refractivity contribution in [3.05, 3.63) is 92.2 Å². The molecule has 1 aromatic heterocycles. The van der Waals surface area contributed by atoms with Crippen LogP contribution in [0.25, 0.3) is 11.0 Å². The Hall–Kier alpha value is -3.82. The molecule has 0 radical (unpaired) electrons. The van der Waals surface area contributed by atoms with E-state index in [0.29, 0.717) is 34.6 Å². The van der Waals surface area contributed by atoms with Crippen LogP contribution in [0.4, 0.5) is 0 Å². The minimum absolute atomic E-state index is 0.0279. The van der Waals surface area contributed by atoms with E-state index in [0.717, 1.165) is 21.3 Å². The van der Waals surface area contributed by atoms with E-state index in [1.807, 2.05) is 12.1 Å². The summed E-state index contributed by atoms with van der Waals surface area (Å²) in [5.74, 6) is 1.29. The van der Waals surface area contributed by atoms with Gasteiger partial charge in [0, 0.05) is 21.7 Å². The minimum Gasteiger partial charge on any atom is -0.489 e. The third kappa shape index (κ3) is 5.07. The molecule has 3 aromatic carbocycles. The molecule has 0 saturated heterocycles. The molecule has 36 heavy (non-hydrogen) atoms. The fourth-order valence-corrected chi connectivity index (χ4v) is 4.33. The van der Waals surface area contributed by atoms with Crippen LogP contribution in [0.15, 0.2) is 74.5 Å². The van der Waals surface area contributed by atoms with Gasteiger partial charge in [0.15, 0.2) is 6.79 Å². The van der Waals surface area contributed by atoms with Crippen molar-refractivity contribution in [2.24, 2.45) is 0 Å². The van der Waals surface area contributed by atoms with Crippen LogP contribution in [-0.4, -0.2) is 19.4 Å². The highest BCUT2D eigenvalue weighted by molar-refractivity contribution is 9.10. The Morgan fingerprint density at radius 3 is 2.67 bits per heavy atom. The predicted octanol–water partition coefficient (Wildman–Crippen LogP) is 5.97. The maximum atomic E-state index is 12.9. The van der Waals surface area contributed by atoms with Crippen LogP contribution in [0, 0.1) is 0 Å². The van der Waals surface area contributed by atoms with Crippen LogP contribution in [0.5, 0.6) is 23.0 Å². The largest absolute Gasteiger partial charge is 0.489 e. The molecule has 8 nitrogen and oxygen atoms in total. The average molecular weight is 553 g/mol. The van der Waals surface area contributed by atoms with Gasteiger partial charge in [-0.3, -0.25) is 4.79 Å². The molecular formula is C27H21BrO8. The van der Waals surface area contributed by atoms with Gasteiger partial charge in [-0.25, -0.2) is 4.79 Å². The number of fused-ring (bicyclic) bond motifs is 2. The SMILES string of the molecule is CCOC(=O)c1ccc(Oc2coc3cc(OCc4cc(Br)cc5c4OCOC5)ccc3c2=O)cc1. The lowest BCUT2D eigenvalue weighted by Gasteiger charge is -2.21. The smallest absolute Gasteiger partial charge is 0.338 e. The molecule has 184 valence electrons. The van der Waals surface area contributed by atoms with E-state index >= 15 is 0 Å². The maximum absolute atomic E-state index is 12.9. The fraction of sp³-hybridized carbons (Fsp3) is 0.185. The molecule has 0 unspecified atom stereocenters. The number of halogens is 1. The summed E-state index contributed by atoms with van der Waals surface area (Å²) < 4.78 is 34.2. The Balaban J connectivity index is 1.32. The number of benzene rings is 3. The van der Waals surface area contributed by atoms with Crippen molar-refractivity contribution < 1.29 is 32.9 Å². The molecule has 4 aromatic rings. The molecule has 0 amide bonds. The van der Waals surface area contributed by atoms with E-state index in [2.05, 4.69) is 15.9 Å². The molecule has 2 heterocycles. The Labute approximate surface area is 214 Å². The topological polar surface area (TPSA) is 93.4 Å². The van der Waals surface area contributed by atoms with Crippen LogP contribution < -0.4 is 19.6 Å². The zero-order valence-electron chi connectivity index (χ0n) is 19.2. The third-order valence-electron chi connectivity index (χ3n) is 5.45. The molecular weight excluding hydrogens is 532 g/mol. The quantitative estimate of drug-likeness (QED) is 0.259. The van der Waals surface area contributed by atoms with Crippen molar-refractivity contribution in [1.82, 2.24) is 0 Å². The zero-order chi connectivity index (χ0) is 25.1. The zero-order valence-corrected chi connectivity index (χ0v) is 20.8. The number of rotatable bonds is 7. The first-order valence-electron chi connectivity index (χ1n) is 11.2. The van der Waals surface area contributed by atoms with E-state index in [1.54, 1.807) is 49.4 Å². The normalized spacial score (nSPS) is 12.5. The molecule has 0 spiro atoms. The summed E-state index contributed by atoms with van der Waals surface area (Å²) in [6.07, 6.45) is 1.26. The highest BCUT2D eigenvalue weighted by atomic mass is 79.9. The number of carbonyl (C=O) groups is 1. The highest BCUT2D eigenvalue weighted by Gasteiger charge is 2.17. The van der Waals surface area contributed by atoms with E-state index in [-0.39, 0.29) is 31.2 Å². The second kappa shape index (κ2) is 10.4. The lowest BCUT2D eigenvalue weighted by atomic mass is 10.1. The molecule has 0 aliphatic carbocycles. The van der Waals surface area contributed by atoms with E-state index in [9.17, 15) is 9.59 Å². The fourth-order valence-electron chi connectivity index (χ4n) is 3.78. The first-order valence-corrected chi connectivity index (χ1v) is 12.0. The summed E-state index contributed by atoms with van der Waals surface area (Å²) >= 11 is 3.51. The predicted molar refractivity (Wildman–Crippen MR) is 134 cm³/mol. The number of hydrogen-bond donors (Lipinski definition) is 0. The van der Waals surface area contributed by atoms with Gasteiger partial charge in [-0.15, -0.1) is 0 Å². The highest BCUT2D eigenvalue weighted by Crippen LogP contribution is 2.33. The van der Waals surface area contributed by atoms with E-state index in [4.69, 9.17) is 28.1 Å². The summed E-state index contributed by atoms with van der Waals surface area (Å²) in [6.45, 7) is 2.97. The van der Waals surface area contributed by atoms with Crippen LogP contribution in [0.1, 0.15) is 28.4 Å². The Morgan fingerprint density at radius 1 is 1.06 bits per heavy atom. The first kappa shape index (κ1) is 23.9. The van der Waals surface area contributed by atoms with Crippen LogP contribution >= 0.6 is 15.9 Å². The Kier molecular flexibility index (Phi) is 6.92. The van der Waals surface area contributed by atoms with Crippen LogP contribution in [0.3, 0.4) is 0 Å². The lowest BCUT2D eigenvalue weighted by molar-refractivity contribution is -0.0176. The van der Waals surface area contributed by atoms with Crippen LogP contribution in [0.2, 0.25) is 0 Å². The molecule has 9 heteroatoms. The van der Waals surface area contributed by atoms with Crippen molar-refractivity contribution in [3.8, 4) is 23.0 Å². The molecule has 0 saturated carbocycles. The second-order valence-electron chi connectivity index (χ2n) is 7.89. The van der Waals surface area contributed by atoms with Gasteiger partial charge in [-0.05, 0) is 55.5 Å². The Morgan fingerprint density at radius 2 is 1.86 bits per heavy atom. The number of ether oxygens (including phenoxy) is 5. The monoisotopic (exact) mass is 552 g/mol. The minimum atomic E-state index is -0.423. The van der Waals surface area contributed by atoms with Gasteiger partial charge in [0.1, 0.15) is 35.7 Å². The lowest BCUT2D eigenvalue weighted by Crippen LogP contribution is -2.14. The summed E-state index contributed by atoms with van der Waals surface area (Å²) in [5.41, 5.74) is 2.25. The van der Waals surface area contributed by atoms with Crippen molar-refractivity contribution in [3.63, 3.8) is 0 Å². The van der Waals surface area contributed by atoms with Gasteiger partial charge in [0.25, 0.3) is 0 Å². The van der Waals surface area contributed by atoms with Gasteiger partial charge < -0.3 is 28.1 Å². The molecule has 1 aliphatic rings. The molecule has 5 rings (SSSR count). The molecule has 0 bridgehead atoms. The van der Waals surface area contributed by atoms with Crippen LogP contribution in [-0.2, 0) is 22.7 Å². The summed E-state index contributed by atoms with van der Waals surface area (Å²) in [6, 6.07) is 15.2. The van der Waals surface area contributed by atoms with Gasteiger partial charge in [0.05, 0.1) is 24.2 Å². The molecule has 0 fully saturated rings.